The Balaban J connectivity index is 1.83. The van der Waals surface area contributed by atoms with Crippen LogP contribution >= 0.6 is 11.3 Å². The molecule has 5 nitrogen and oxygen atoms in total. The van der Waals surface area contributed by atoms with Gasteiger partial charge in [0.2, 0.25) is 0 Å². The van der Waals surface area contributed by atoms with Gasteiger partial charge in [-0.1, -0.05) is 12.1 Å². The summed E-state index contributed by atoms with van der Waals surface area (Å²) in [4.78, 5) is 29.5. The van der Waals surface area contributed by atoms with Crippen molar-refractivity contribution in [3.05, 3.63) is 75.8 Å². The number of aryl methyl sites for hydroxylation is 2. The molecule has 1 aromatic carbocycles. The second-order valence-corrected chi connectivity index (χ2v) is 7.99. The highest BCUT2D eigenvalue weighted by molar-refractivity contribution is 7.15. The number of nitrogens with zero attached hydrogens (tertiary/aromatic N) is 3. The van der Waals surface area contributed by atoms with E-state index in [0.29, 0.717) is 11.2 Å². The number of benzene rings is 1. The van der Waals surface area contributed by atoms with E-state index in [2.05, 4.69) is 39.2 Å². The van der Waals surface area contributed by atoms with E-state index in [0.717, 1.165) is 43.0 Å². The highest BCUT2D eigenvalue weighted by atomic mass is 32.1. The average Bonchev–Trinajstić information content (AvgIpc) is 3.14. The Morgan fingerprint density at radius 2 is 1.89 bits per heavy atom. The number of pyridine rings is 3. The second-order valence-electron chi connectivity index (χ2n) is 6.76. The monoisotopic (exact) mass is 384 g/mol. The first-order valence-corrected chi connectivity index (χ1v) is 9.73. The summed E-state index contributed by atoms with van der Waals surface area (Å²) in [6.07, 6.45) is 3.64. The van der Waals surface area contributed by atoms with Gasteiger partial charge in [-0.2, -0.15) is 0 Å². The van der Waals surface area contributed by atoms with Crippen molar-refractivity contribution < 1.29 is 0 Å². The molecule has 0 aliphatic carbocycles. The number of aromatic amines is 1. The Bertz CT molecular complexity index is 1420. The molecule has 0 saturated carbocycles. The van der Waals surface area contributed by atoms with Crippen LogP contribution in [0.4, 0.5) is 0 Å². The number of thiazole rings is 1. The maximum atomic E-state index is 12.1. The van der Waals surface area contributed by atoms with Crippen molar-refractivity contribution in [1.29, 1.82) is 0 Å². The Morgan fingerprint density at radius 3 is 2.71 bits per heavy atom. The molecule has 0 fully saturated rings. The van der Waals surface area contributed by atoms with E-state index in [-0.39, 0.29) is 5.56 Å². The molecule has 5 rings (SSSR count). The van der Waals surface area contributed by atoms with E-state index in [4.69, 9.17) is 4.98 Å². The minimum atomic E-state index is -0.115. The van der Waals surface area contributed by atoms with Crippen LogP contribution in [0.3, 0.4) is 0 Å². The van der Waals surface area contributed by atoms with Gasteiger partial charge in [-0.05, 0) is 49.7 Å². The van der Waals surface area contributed by atoms with Crippen LogP contribution in [-0.2, 0) is 0 Å². The fourth-order valence-corrected chi connectivity index (χ4v) is 4.15. The highest BCUT2D eigenvalue weighted by Gasteiger charge is 2.15. The molecule has 0 atom stereocenters. The molecular formula is C22H16N4OS. The van der Waals surface area contributed by atoms with Gasteiger partial charge in [0.25, 0.3) is 5.56 Å². The van der Waals surface area contributed by atoms with Gasteiger partial charge in [-0.25, -0.2) is 9.97 Å². The van der Waals surface area contributed by atoms with Gasteiger partial charge in [0.05, 0.1) is 21.1 Å². The van der Waals surface area contributed by atoms with E-state index in [1.165, 1.54) is 0 Å². The maximum Gasteiger partial charge on any atom is 0.252 e. The molecule has 6 heteroatoms. The normalized spacial score (nSPS) is 11.4. The number of rotatable bonds is 2. The van der Waals surface area contributed by atoms with Gasteiger partial charge < -0.3 is 4.98 Å². The lowest BCUT2D eigenvalue weighted by Crippen LogP contribution is -2.09. The topological polar surface area (TPSA) is 71.5 Å². The van der Waals surface area contributed by atoms with Crippen LogP contribution in [0.25, 0.3) is 43.6 Å². The number of nitrogens with one attached hydrogen (secondary N) is 1. The summed E-state index contributed by atoms with van der Waals surface area (Å²) in [7, 11) is 0. The molecule has 1 N–H and O–H groups in total. The van der Waals surface area contributed by atoms with E-state index in [1.54, 1.807) is 24.5 Å². The summed E-state index contributed by atoms with van der Waals surface area (Å²) in [5.74, 6) is 0. The summed E-state index contributed by atoms with van der Waals surface area (Å²) in [6, 6.07) is 14.2. The van der Waals surface area contributed by atoms with E-state index < -0.39 is 0 Å². The fraction of sp³-hybridized carbons (Fsp3) is 0.0909. The van der Waals surface area contributed by atoms with Crippen molar-refractivity contribution in [3.8, 4) is 21.7 Å². The Kier molecular flexibility index (Phi) is 3.80. The molecule has 0 radical (unpaired) electrons. The van der Waals surface area contributed by atoms with Crippen LogP contribution in [0.1, 0.15) is 10.6 Å². The highest BCUT2D eigenvalue weighted by Crippen LogP contribution is 2.36. The van der Waals surface area contributed by atoms with Crippen LogP contribution < -0.4 is 5.56 Å². The largest absolute Gasteiger partial charge is 0.306 e. The number of hydrogen-bond donors (Lipinski definition) is 1. The van der Waals surface area contributed by atoms with Crippen molar-refractivity contribution in [2.75, 3.05) is 0 Å². The zero-order chi connectivity index (χ0) is 19.3. The van der Waals surface area contributed by atoms with Crippen LogP contribution in [-0.4, -0.2) is 19.9 Å². The summed E-state index contributed by atoms with van der Waals surface area (Å²) in [6.45, 7) is 3.78. The SMILES string of the molecule is Cc1ncc(-c2nc3[nH]c(=O)c(C)cc3cc2-c2ccc3ncccc3c2)s1. The van der Waals surface area contributed by atoms with Crippen molar-refractivity contribution >= 4 is 33.3 Å². The summed E-state index contributed by atoms with van der Waals surface area (Å²) in [5, 5.41) is 2.95. The average molecular weight is 384 g/mol. The molecule has 0 amide bonds. The molecule has 136 valence electrons. The molecule has 4 heterocycles. The van der Waals surface area contributed by atoms with Crippen LogP contribution in [0, 0.1) is 13.8 Å². The predicted molar refractivity (Wildman–Crippen MR) is 114 cm³/mol. The minimum Gasteiger partial charge on any atom is -0.306 e. The van der Waals surface area contributed by atoms with Crippen LogP contribution in [0.15, 0.2) is 59.7 Å². The zero-order valence-electron chi connectivity index (χ0n) is 15.4. The molecular weight excluding hydrogens is 368 g/mol. The lowest BCUT2D eigenvalue weighted by Gasteiger charge is -2.11. The first-order chi connectivity index (χ1) is 13.6. The lowest BCUT2D eigenvalue weighted by atomic mass is 9.99. The number of aromatic nitrogens is 4. The summed E-state index contributed by atoms with van der Waals surface area (Å²) >= 11 is 1.59. The third kappa shape index (κ3) is 2.78. The molecule has 5 aromatic rings. The third-order valence-electron chi connectivity index (χ3n) is 4.78. The van der Waals surface area contributed by atoms with Crippen molar-refractivity contribution in [2.45, 2.75) is 13.8 Å². The van der Waals surface area contributed by atoms with Gasteiger partial charge in [-0.15, -0.1) is 11.3 Å². The fourth-order valence-electron chi connectivity index (χ4n) is 3.37. The third-order valence-corrected chi connectivity index (χ3v) is 5.70. The van der Waals surface area contributed by atoms with Crippen molar-refractivity contribution in [1.82, 2.24) is 19.9 Å². The van der Waals surface area contributed by atoms with Gasteiger partial charge in [0.1, 0.15) is 5.65 Å². The number of hydrogen-bond acceptors (Lipinski definition) is 5. The second kappa shape index (κ2) is 6.35. The zero-order valence-corrected chi connectivity index (χ0v) is 16.2. The molecule has 4 aromatic heterocycles. The maximum absolute atomic E-state index is 12.1. The van der Waals surface area contributed by atoms with Crippen LogP contribution in [0.2, 0.25) is 0 Å². The first-order valence-electron chi connectivity index (χ1n) is 8.91. The Labute approximate surface area is 164 Å². The smallest absolute Gasteiger partial charge is 0.252 e. The van der Waals surface area contributed by atoms with Gasteiger partial charge >= 0.3 is 0 Å². The quantitative estimate of drug-likeness (QED) is 0.471. The first kappa shape index (κ1) is 16.8. The Hall–Kier alpha value is -3.38. The molecule has 0 spiro atoms. The van der Waals surface area contributed by atoms with E-state index in [9.17, 15) is 4.79 Å². The summed E-state index contributed by atoms with van der Waals surface area (Å²) in [5.41, 5.74) is 4.98. The Morgan fingerprint density at radius 1 is 1.00 bits per heavy atom. The molecule has 0 bridgehead atoms. The predicted octanol–water partition coefficient (Wildman–Crippen LogP) is 4.88. The van der Waals surface area contributed by atoms with E-state index in [1.807, 2.05) is 31.3 Å². The standard InChI is InChI=1S/C22H16N4OS/c1-12-8-16-10-17(14-5-6-18-15(9-14)4-3-7-23-18)20(19-11-24-13(2)28-19)25-21(16)26-22(12)27/h3-11H,1-2H3,(H,25,26,27). The van der Waals surface area contributed by atoms with Crippen LogP contribution in [0.5, 0.6) is 0 Å². The van der Waals surface area contributed by atoms with Gasteiger partial charge in [-0.3, -0.25) is 9.78 Å². The number of fused-ring (bicyclic) bond motifs is 2. The molecule has 0 aliphatic heterocycles. The molecule has 0 saturated heterocycles. The molecule has 28 heavy (non-hydrogen) atoms. The van der Waals surface area contributed by atoms with Crippen molar-refractivity contribution in [3.63, 3.8) is 0 Å². The lowest BCUT2D eigenvalue weighted by molar-refractivity contribution is 1.19. The van der Waals surface area contributed by atoms with E-state index >= 15 is 0 Å². The van der Waals surface area contributed by atoms with Gasteiger partial charge in [0.15, 0.2) is 0 Å². The number of H-pyrrole nitrogens is 1. The van der Waals surface area contributed by atoms with Gasteiger partial charge in [0, 0.05) is 34.3 Å². The molecule has 0 unspecified atom stereocenters. The molecule has 0 aliphatic rings. The van der Waals surface area contributed by atoms with Crippen molar-refractivity contribution in [2.24, 2.45) is 0 Å². The minimum absolute atomic E-state index is 0.115. The summed E-state index contributed by atoms with van der Waals surface area (Å²) < 4.78 is 0.